The maximum absolute atomic E-state index is 13.6. The summed E-state index contributed by atoms with van der Waals surface area (Å²) in [5.41, 5.74) is 5.62. The number of imidazole rings is 1. The van der Waals surface area contributed by atoms with Gasteiger partial charge in [-0.05, 0) is 59.7 Å². The fourth-order valence-electron chi connectivity index (χ4n) is 4.69. The summed E-state index contributed by atoms with van der Waals surface area (Å²) in [5.74, 6) is 8.06. The van der Waals surface area contributed by atoms with Crippen molar-refractivity contribution in [2.45, 2.75) is 37.5 Å². The Morgan fingerprint density at radius 2 is 1.50 bits per heavy atom. The molecule has 1 N–H and O–H groups in total. The predicted molar refractivity (Wildman–Crippen MR) is 151 cm³/mol. The minimum atomic E-state index is -0.227. The molecule has 0 aliphatic heterocycles. The van der Waals surface area contributed by atoms with E-state index in [2.05, 4.69) is 63.2 Å². The third kappa shape index (κ3) is 6.83. The van der Waals surface area contributed by atoms with Gasteiger partial charge in [-0.1, -0.05) is 78.7 Å². The summed E-state index contributed by atoms with van der Waals surface area (Å²) >= 11 is 0. The van der Waals surface area contributed by atoms with Gasteiger partial charge >= 0.3 is 0 Å². The zero-order chi connectivity index (χ0) is 26.0. The van der Waals surface area contributed by atoms with E-state index in [4.69, 9.17) is 0 Å². The van der Waals surface area contributed by atoms with Gasteiger partial charge in [0.2, 0.25) is 0 Å². The average Bonchev–Trinajstić information content (AvgIpc) is 3.45. The Kier molecular flexibility index (Phi) is 8.38. The van der Waals surface area contributed by atoms with Crippen LogP contribution < -0.4 is 0 Å². The molecule has 0 saturated carbocycles. The van der Waals surface area contributed by atoms with E-state index in [9.17, 15) is 4.39 Å². The van der Waals surface area contributed by atoms with E-state index < -0.39 is 0 Å². The molecule has 0 bridgehead atoms. The van der Waals surface area contributed by atoms with Gasteiger partial charge in [-0.15, -0.1) is 5.92 Å². The Labute approximate surface area is 223 Å². The highest BCUT2D eigenvalue weighted by Gasteiger charge is 2.14. The number of aromatic amines is 1. The molecule has 0 aliphatic carbocycles. The number of H-pyrrole nitrogens is 1. The van der Waals surface area contributed by atoms with Crippen LogP contribution in [0.2, 0.25) is 0 Å². The number of aromatic nitrogens is 3. The van der Waals surface area contributed by atoms with Gasteiger partial charge in [-0.25, -0.2) is 9.37 Å². The number of halogens is 1. The highest BCUT2D eigenvalue weighted by atomic mass is 19.1. The van der Waals surface area contributed by atoms with E-state index in [1.165, 1.54) is 23.3 Å². The number of nitrogens with one attached hydrogen (secondary N) is 1. The molecule has 0 aliphatic rings. The summed E-state index contributed by atoms with van der Waals surface area (Å²) in [7, 11) is 0. The lowest BCUT2D eigenvalue weighted by molar-refractivity contribution is 0.625. The second-order valence-corrected chi connectivity index (χ2v) is 9.44. The number of pyridine rings is 1. The fraction of sp³-hybridized carbons (Fsp3) is 0.176. The predicted octanol–water partition coefficient (Wildman–Crippen LogP) is 7.75. The van der Waals surface area contributed by atoms with Crippen molar-refractivity contribution in [1.82, 2.24) is 15.0 Å². The van der Waals surface area contributed by atoms with Gasteiger partial charge in [0.05, 0.1) is 11.9 Å². The van der Waals surface area contributed by atoms with Gasteiger partial charge in [-0.2, -0.15) is 0 Å². The molecule has 5 rings (SSSR count). The van der Waals surface area contributed by atoms with Crippen LogP contribution in [0.15, 0.2) is 116 Å². The van der Waals surface area contributed by atoms with E-state index >= 15 is 0 Å². The van der Waals surface area contributed by atoms with Crippen LogP contribution in [-0.4, -0.2) is 15.0 Å². The number of rotatable bonds is 9. The molecule has 5 aromatic rings. The minimum Gasteiger partial charge on any atom is -0.342 e. The van der Waals surface area contributed by atoms with Crippen molar-refractivity contribution < 1.29 is 4.39 Å². The molecule has 0 saturated heterocycles. The lowest BCUT2D eigenvalue weighted by Crippen LogP contribution is -2.03. The molecule has 0 amide bonds. The van der Waals surface area contributed by atoms with Crippen LogP contribution in [0.3, 0.4) is 0 Å². The van der Waals surface area contributed by atoms with Crippen molar-refractivity contribution in [3.05, 3.63) is 144 Å². The summed E-state index contributed by atoms with van der Waals surface area (Å²) in [6, 6.07) is 31.6. The Hall–Kier alpha value is -4.49. The lowest BCUT2D eigenvalue weighted by Gasteiger charge is -2.15. The van der Waals surface area contributed by atoms with Crippen LogP contribution in [-0.2, 0) is 12.8 Å². The van der Waals surface area contributed by atoms with Crippen molar-refractivity contribution in [2.24, 2.45) is 0 Å². The summed E-state index contributed by atoms with van der Waals surface area (Å²) < 4.78 is 13.6. The van der Waals surface area contributed by atoms with Crippen LogP contribution in [0.4, 0.5) is 4.39 Å². The standard InChI is InChI=1S/C34H30FN3/c35-32-17-14-29(15-18-32)31(24-26-8-3-1-4-9-26)13-7-12-28(27-10-5-2-6-11-27)16-19-34-37-25-33(38-34)30-20-22-36-23-21-30/h1-6,8-11,14-15,17-18,20-23,25,28,31H,12,16,19,24H2,(H,37,38). The first-order valence-electron chi connectivity index (χ1n) is 13.0. The topological polar surface area (TPSA) is 41.6 Å². The Morgan fingerprint density at radius 3 is 2.24 bits per heavy atom. The molecule has 3 aromatic carbocycles. The Morgan fingerprint density at radius 1 is 0.789 bits per heavy atom. The molecule has 0 fully saturated rings. The van der Waals surface area contributed by atoms with Gasteiger partial charge in [0.25, 0.3) is 0 Å². The highest BCUT2D eigenvalue weighted by Crippen LogP contribution is 2.26. The van der Waals surface area contributed by atoms with Crippen molar-refractivity contribution in [3.8, 4) is 23.1 Å². The highest BCUT2D eigenvalue weighted by molar-refractivity contribution is 5.57. The molecule has 4 heteroatoms. The number of hydrogen-bond acceptors (Lipinski definition) is 2. The van der Waals surface area contributed by atoms with Gasteiger partial charge in [0.15, 0.2) is 0 Å². The molecular weight excluding hydrogens is 469 g/mol. The summed E-state index contributed by atoms with van der Waals surface area (Å²) in [4.78, 5) is 12.2. The first kappa shape index (κ1) is 25.2. The van der Waals surface area contributed by atoms with Crippen molar-refractivity contribution in [1.29, 1.82) is 0 Å². The fourth-order valence-corrected chi connectivity index (χ4v) is 4.69. The molecule has 2 atom stereocenters. The van der Waals surface area contributed by atoms with E-state index in [0.29, 0.717) is 0 Å². The SMILES string of the molecule is Fc1ccc(C(C#CCC(CCc2ncc(-c3ccncc3)[nH]2)c2ccccc2)Cc2ccccc2)cc1. The lowest BCUT2D eigenvalue weighted by atomic mass is 9.89. The third-order valence-corrected chi connectivity index (χ3v) is 6.80. The number of nitrogens with zero attached hydrogens (tertiary/aromatic N) is 2. The van der Waals surface area contributed by atoms with Crippen LogP contribution in [0.25, 0.3) is 11.3 Å². The van der Waals surface area contributed by atoms with E-state index in [1.807, 2.05) is 54.7 Å². The Balaban J connectivity index is 1.32. The molecule has 2 unspecified atom stereocenters. The first-order chi connectivity index (χ1) is 18.7. The van der Waals surface area contributed by atoms with Crippen molar-refractivity contribution in [2.75, 3.05) is 0 Å². The third-order valence-electron chi connectivity index (χ3n) is 6.80. The minimum absolute atomic E-state index is 0.00224. The second-order valence-electron chi connectivity index (χ2n) is 9.44. The smallest absolute Gasteiger partial charge is 0.123 e. The van der Waals surface area contributed by atoms with Crippen molar-refractivity contribution in [3.63, 3.8) is 0 Å². The van der Waals surface area contributed by atoms with Crippen LogP contribution >= 0.6 is 0 Å². The molecular formula is C34H30FN3. The van der Waals surface area contributed by atoms with Crippen LogP contribution in [0, 0.1) is 17.7 Å². The number of hydrogen-bond donors (Lipinski definition) is 1. The molecule has 188 valence electrons. The molecule has 38 heavy (non-hydrogen) atoms. The van der Waals surface area contributed by atoms with Crippen LogP contribution in [0.1, 0.15) is 47.2 Å². The molecule has 0 spiro atoms. The first-order valence-corrected chi connectivity index (χ1v) is 13.0. The van der Waals surface area contributed by atoms with E-state index in [0.717, 1.165) is 48.3 Å². The quantitative estimate of drug-likeness (QED) is 0.211. The van der Waals surface area contributed by atoms with Crippen LogP contribution in [0.5, 0.6) is 0 Å². The van der Waals surface area contributed by atoms with Crippen molar-refractivity contribution >= 4 is 0 Å². The molecule has 2 aromatic heterocycles. The second kappa shape index (κ2) is 12.7. The summed E-state index contributed by atoms with van der Waals surface area (Å²) in [6.07, 6.45) is 8.76. The van der Waals surface area contributed by atoms with Gasteiger partial charge < -0.3 is 4.98 Å². The van der Waals surface area contributed by atoms with E-state index in [1.54, 1.807) is 12.4 Å². The number of benzene rings is 3. The monoisotopic (exact) mass is 499 g/mol. The maximum atomic E-state index is 13.6. The Bertz CT molecular complexity index is 1470. The zero-order valence-corrected chi connectivity index (χ0v) is 21.2. The molecule has 2 heterocycles. The van der Waals surface area contributed by atoms with Gasteiger partial charge in [0.1, 0.15) is 11.6 Å². The maximum Gasteiger partial charge on any atom is 0.123 e. The summed E-state index contributed by atoms with van der Waals surface area (Å²) in [6.45, 7) is 0. The van der Waals surface area contributed by atoms with E-state index in [-0.39, 0.29) is 17.7 Å². The zero-order valence-electron chi connectivity index (χ0n) is 21.2. The molecule has 0 radical (unpaired) electrons. The normalized spacial score (nSPS) is 12.3. The number of aryl methyl sites for hydroxylation is 1. The van der Waals surface area contributed by atoms with Gasteiger partial charge in [0, 0.05) is 36.7 Å². The largest absolute Gasteiger partial charge is 0.342 e. The van der Waals surface area contributed by atoms with Gasteiger partial charge in [-0.3, -0.25) is 4.98 Å². The average molecular weight is 500 g/mol. The summed E-state index contributed by atoms with van der Waals surface area (Å²) in [5, 5.41) is 0. The molecule has 3 nitrogen and oxygen atoms in total.